The quantitative estimate of drug-likeness (QED) is 0.106. The summed E-state index contributed by atoms with van der Waals surface area (Å²) in [5.74, 6) is 0.449. The fraction of sp³-hybridized carbons (Fsp3) is 0.933. The molecule has 5 nitrogen and oxygen atoms in total. The van der Waals surface area contributed by atoms with Gasteiger partial charge in [0.15, 0.2) is 0 Å². The normalized spacial score (nSPS) is 12.4. The van der Waals surface area contributed by atoms with Crippen molar-refractivity contribution in [3.05, 3.63) is 0 Å². The minimum Gasteiger partial charge on any atom is -0.466 e. The molecule has 0 aliphatic heterocycles. The van der Waals surface area contributed by atoms with E-state index in [0.29, 0.717) is 31.8 Å². The predicted molar refractivity (Wildman–Crippen MR) is 148 cm³/mol. The fourth-order valence-corrected chi connectivity index (χ4v) is 4.16. The van der Waals surface area contributed by atoms with Gasteiger partial charge in [-0.2, -0.15) is 0 Å². The van der Waals surface area contributed by atoms with Gasteiger partial charge in [0.25, 0.3) is 0 Å². The molecule has 5 heteroatoms. The molecule has 0 aromatic heterocycles. The summed E-state index contributed by atoms with van der Waals surface area (Å²) < 4.78 is 10.7. The Balaban J connectivity index is 0. The summed E-state index contributed by atoms with van der Waals surface area (Å²) in [6, 6.07) is 0. The summed E-state index contributed by atoms with van der Waals surface area (Å²) in [4.78, 5) is 23.7. The first-order chi connectivity index (χ1) is 17.0. The molecule has 0 aromatic carbocycles. The number of rotatable bonds is 24. The number of esters is 2. The lowest BCUT2D eigenvalue weighted by Gasteiger charge is -2.17. The SMILES string of the molecule is CC.CCCCCCCC(CCCCC)CCOC(=O)CCCCCCCC(=O)OC(C)CCO. The van der Waals surface area contributed by atoms with Gasteiger partial charge in [0, 0.05) is 25.9 Å². The second kappa shape index (κ2) is 29.1. The predicted octanol–water partition coefficient (Wildman–Crippen LogP) is 8.55. The van der Waals surface area contributed by atoms with Crippen molar-refractivity contribution >= 4 is 11.9 Å². The van der Waals surface area contributed by atoms with E-state index in [1.54, 1.807) is 6.92 Å². The van der Waals surface area contributed by atoms with Crippen LogP contribution < -0.4 is 0 Å². The van der Waals surface area contributed by atoms with Crippen molar-refractivity contribution < 1.29 is 24.2 Å². The third kappa shape index (κ3) is 27.3. The minimum atomic E-state index is -0.217. The molecule has 0 fully saturated rings. The summed E-state index contributed by atoms with van der Waals surface area (Å²) in [5, 5.41) is 8.83. The van der Waals surface area contributed by atoms with E-state index in [2.05, 4.69) is 13.8 Å². The zero-order valence-corrected chi connectivity index (χ0v) is 24.1. The molecular formula is C30H60O5. The van der Waals surface area contributed by atoms with Crippen molar-refractivity contribution in [3.8, 4) is 0 Å². The molecule has 0 radical (unpaired) electrons. The summed E-state index contributed by atoms with van der Waals surface area (Å²) in [7, 11) is 0. The highest BCUT2D eigenvalue weighted by Gasteiger charge is 2.11. The molecule has 0 rings (SSSR count). The largest absolute Gasteiger partial charge is 0.466 e. The number of aliphatic hydroxyl groups is 1. The number of unbranched alkanes of at least 4 members (excludes halogenated alkanes) is 10. The van der Waals surface area contributed by atoms with Gasteiger partial charge in [0.05, 0.1) is 6.61 Å². The average Bonchev–Trinajstić information content (AvgIpc) is 2.84. The molecule has 0 heterocycles. The van der Waals surface area contributed by atoms with E-state index in [9.17, 15) is 9.59 Å². The van der Waals surface area contributed by atoms with Gasteiger partial charge in [-0.05, 0) is 32.1 Å². The molecular weight excluding hydrogens is 440 g/mol. The first kappa shape index (κ1) is 36.1. The molecule has 0 aliphatic carbocycles. The lowest BCUT2D eigenvalue weighted by molar-refractivity contribution is -0.149. The molecule has 0 aliphatic rings. The third-order valence-corrected chi connectivity index (χ3v) is 6.35. The van der Waals surface area contributed by atoms with Crippen LogP contribution in [0.25, 0.3) is 0 Å². The number of hydrogen-bond acceptors (Lipinski definition) is 5. The summed E-state index contributed by atoms with van der Waals surface area (Å²) in [6.07, 6.45) is 19.9. The summed E-state index contributed by atoms with van der Waals surface area (Å²) in [5.41, 5.74) is 0. The number of ether oxygens (including phenoxy) is 2. The molecule has 0 saturated carbocycles. The van der Waals surface area contributed by atoms with Gasteiger partial charge >= 0.3 is 11.9 Å². The van der Waals surface area contributed by atoms with Gasteiger partial charge in [-0.15, -0.1) is 0 Å². The van der Waals surface area contributed by atoms with E-state index < -0.39 is 0 Å². The molecule has 2 atom stereocenters. The van der Waals surface area contributed by atoms with Crippen LogP contribution >= 0.6 is 0 Å². The number of aliphatic hydroxyl groups excluding tert-OH is 1. The zero-order valence-electron chi connectivity index (χ0n) is 24.1. The molecule has 210 valence electrons. The minimum absolute atomic E-state index is 0.0372. The van der Waals surface area contributed by atoms with Crippen molar-refractivity contribution in [1.29, 1.82) is 0 Å². The Bertz CT molecular complexity index is 452. The lowest BCUT2D eigenvalue weighted by atomic mass is 9.92. The van der Waals surface area contributed by atoms with E-state index in [1.807, 2.05) is 13.8 Å². The van der Waals surface area contributed by atoms with Crippen LogP contribution in [-0.2, 0) is 19.1 Å². The van der Waals surface area contributed by atoms with E-state index in [0.717, 1.165) is 38.5 Å². The Hall–Kier alpha value is -1.10. The Morgan fingerprint density at radius 3 is 1.74 bits per heavy atom. The Kier molecular flexibility index (Phi) is 30.0. The molecule has 0 aromatic rings. The van der Waals surface area contributed by atoms with Crippen LogP contribution in [0.3, 0.4) is 0 Å². The van der Waals surface area contributed by atoms with Crippen LogP contribution in [0, 0.1) is 5.92 Å². The maximum atomic E-state index is 12.1. The molecule has 2 unspecified atom stereocenters. The molecule has 35 heavy (non-hydrogen) atoms. The van der Waals surface area contributed by atoms with Gasteiger partial charge in [-0.3, -0.25) is 9.59 Å². The van der Waals surface area contributed by atoms with E-state index in [-0.39, 0.29) is 24.6 Å². The molecule has 0 saturated heterocycles. The maximum absolute atomic E-state index is 12.1. The van der Waals surface area contributed by atoms with Crippen molar-refractivity contribution in [2.24, 2.45) is 5.92 Å². The summed E-state index contributed by atoms with van der Waals surface area (Å²) in [6.45, 7) is 10.9. The topological polar surface area (TPSA) is 72.8 Å². The van der Waals surface area contributed by atoms with Crippen LogP contribution in [0.2, 0.25) is 0 Å². The van der Waals surface area contributed by atoms with E-state index in [1.165, 1.54) is 64.2 Å². The zero-order chi connectivity index (χ0) is 26.6. The van der Waals surface area contributed by atoms with Crippen LogP contribution in [0.4, 0.5) is 0 Å². The van der Waals surface area contributed by atoms with Gasteiger partial charge in [0.2, 0.25) is 0 Å². The fourth-order valence-electron chi connectivity index (χ4n) is 4.16. The second-order valence-electron chi connectivity index (χ2n) is 9.65. The smallest absolute Gasteiger partial charge is 0.306 e. The average molecular weight is 501 g/mol. The van der Waals surface area contributed by atoms with Gasteiger partial charge in [-0.1, -0.05) is 111 Å². The van der Waals surface area contributed by atoms with Crippen LogP contribution in [0.15, 0.2) is 0 Å². The number of carbonyl (C=O) groups is 2. The monoisotopic (exact) mass is 500 g/mol. The highest BCUT2D eigenvalue weighted by molar-refractivity contribution is 5.69. The number of carbonyl (C=O) groups excluding carboxylic acids is 2. The Morgan fingerprint density at radius 1 is 0.657 bits per heavy atom. The second-order valence-corrected chi connectivity index (χ2v) is 9.65. The van der Waals surface area contributed by atoms with Crippen molar-refractivity contribution in [1.82, 2.24) is 0 Å². The molecule has 1 N–H and O–H groups in total. The molecule has 0 amide bonds. The highest BCUT2D eigenvalue weighted by atomic mass is 16.5. The van der Waals surface area contributed by atoms with E-state index in [4.69, 9.17) is 14.6 Å². The van der Waals surface area contributed by atoms with Crippen LogP contribution in [-0.4, -0.2) is 36.4 Å². The lowest BCUT2D eigenvalue weighted by Crippen LogP contribution is -2.15. The maximum Gasteiger partial charge on any atom is 0.306 e. The van der Waals surface area contributed by atoms with Crippen molar-refractivity contribution in [2.45, 2.75) is 163 Å². The third-order valence-electron chi connectivity index (χ3n) is 6.35. The standard InChI is InChI=1S/C28H54O5.C2H6/c1-4-6-8-10-14-18-26(17-13-7-5-2)22-24-32-27(30)19-15-11-9-12-16-20-28(31)33-25(3)21-23-29;1-2/h25-26,29H,4-24H2,1-3H3;1-2H3. The van der Waals surface area contributed by atoms with Crippen LogP contribution in [0.1, 0.15) is 157 Å². The highest BCUT2D eigenvalue weighted by Crippen LogP contribution is 2.21. The first-order valence-corrected chi connectivity index (χ1v) is 15.0. The van der Waals surface area contributed by atoms with Crippen LogP contribution in [0.5, 0.6) is 0 Å². The Labute approximate surface area is 218 Å². The Morgan fingerprint density at radius 2 is 1.14 bits per heavy atom. The molecule has 0 spiro atoms. The summed E-state index contributed by atoms with van der Waals surface area (Å²) >= 11 is 0. The first-order valence-electron chi connectivity index (χ1n) is 15.0. The number of hydrogen-bond donors (Lipinski definition) is 1. The van der Waals surface area contributed by atoms with E-state index >= 15 is 0 Å². The van der Waals surface area contributed by atoms with Crippen molar-refractivity contribution in [2.75, 3.05) is 13.2 Å². The molecule has 0 bridgehead atoms. The van der Waals surface area contributed by atoms with Gasteiger partial charge in [-0.25, -0.2) is 0 Å². The van der Waals surface area contributed by atoms with Crippen molar-refractivity contribution in [3.63, 3.8) is 0 Å². The van der Waals surface area contributed by atoms with Gasteiger partial charge < -0.3 is 14.6 Å². The van der Waals surface area contributed by atoms with Gasteiger partial charge in [0.1, 0.15) is 6.10 Å².